The Bertz CT molecular complexity index is 375. The van der Waals surface area contributed by atoms with Gasteiger partial charge in [0.05, 0.1) is 19.4 Å². The molecule has 2 amide bonds. The molecule has 1 aromatic heterocycles. The van der Waals surface area contributed by atoms with Gasteiger partial charge in [0.25, 0.3) is 0 Å². The van der Waals surface area contributed by atoms with Gasteiger partial charge in [0.2, 0.25) is 5.91 Å². The number of nitrogens with zero attached hydrogens (tertiary/aromatic N) is 1. The van der Waals surface area contributed by atoms with E-state index in [0.29, 0.717) is 13.2 Å². The number of carbonyl (C=O) groups excluding carboxylic acids is 2. The van der Waals surface area contributed by atoms with E-state index in [4.69, 9.17) is 4.42 Å². The summed E-state index contributed by atoms with van der Waals surface area (Å²) in [7, 11) is 1.69. The summed E-state index contributed by atoms with van der Waals surface area (Å²) in [4.78, 5) is 24.2. The minimum absolute atomic E-state index is 0.0665. The molecule has 1 rings (SSSR count). The van der Waals surface area contributed by atoms with Crippen LogP contribution in [0.4, 0.5) is 4.79 Å². The number of hydrogen-bond acceptors (Lipinski definition) is 4. The molecule has 0 aliphatic carbocycles. The molecule has 0 aromatic carbocycles. The fraction of sp³-hybridized carbons (Fsp3) is 0.500. The molecule has 0 radical (unpaired) electrons. The van der Waals surface area contributed by atoms with Crippen LogP contribution in [0.15, 0.2) is 22.8 Å². The van der Waals surface area contributed by atoms with E-state index in [1.165, 1.54) is 0 Å². The van der Waals surface area contributed by atoms with Crippen LogP contribution < -0.4 is 5.32 Å². The summed E-state index contributed by atoms with van der Waals surface area (Å²) in [6.45, 7) is 2.73. The second-order valence-corrected chi connectivity index (χ2v) is 3.73. The molecule has 1 heterocycles. The number of alkyl carbamates (subject to hydrolysis) is 1. The Labute approximate surface area is 106 Å². The highest BCUT2D eigenvalue weighted by atomic mass is 16.5. The quantitative estimate of drug-likeness (QED) is 0.832. The van der Waals surface area contributed by atoms with Crippen molar-refractivity contribution in [3.8, 4) is 0 Å². The number of hydrogen-bond donors (Lipinski definition) is 1. The third kappa shape index (κ3) is 4.90. The molecular formula is C12H18N2O4. The number of carbonyl (C=O) groups is 2. The molecular weight excluding hydrogens is 236 g/mol. The van der Waals surface area contributed by atoms with E-state index < -0.39 is 6.09 Å². The average Bonchev–Trinajstić information content (AvgIpc) is 2.82. The summed E-state index contributed by atoms with van der Waals surface area (Å²) in [5.41, 5.74) is 0. The first-order valence-corrected chi connectivity index (χ1v) is 5.80. The van der Waals surface area contributed by atoms with Gasteiger partial charge in [0.15, 0.2) is 0 Å². The lowest BCUT2D eigenvalue weighted by atomic mass is 10.3. The van der Waals surface area contributed by atoms with Gasteiger partial charge in [0.1, 0.15) is 5.76 Å². The highest BCUT2D eigenvalue weighted by Gasteiger charge is 2.11. The van der Waals surface area contributed by atoms with E-state index in [0.717, 1.165) is 5.76 Å². The van der Waals surface area contributed by atoms with E-state index in [9.17, 15) is 9.59 Å². The van der Waals surface area contributed by atoms with Gasteiger partial charge in [-0.2, -0.15) is 0 Å². The highest BCUT2D eigenvalue weighted by molar-refractivity contribution is 5.76. The second kappa shape index (κ2) is 7.37. The van der Waals surface area contributed by atoms with Gasteiger partial charge in [-0.3, -0.25) is 4.79 Å². The lowest BCUT2D eigenvalue weighted by Crippen LogP contribution is -2.32. The van der Waals surface area contributed by atoms with Crippen LogP contribution >= 0.6 is 0 Å². The van der Waals surface area contributed by atoms with Crippen molar-refractivity contribution >= 4 is 12.0 Å². The van der Waals surface area contributed by atoms with Crippen LogP contribution in [-0.2, 0) is 16.1 Å². The Balaban J connectivity index is 2.21. The minimum atomic E-state index is -0.501. The molecule has 18 heavy (non-hydrogen) atoms. The lowest BCUT2D eigenvalue weighted by molar-refractivity contribution is -0.130. The summed E-state index contributed by atoms with van der Waals surface area (Å²) in [6.07, 6.45) is 1.30. The van der Waals surface area contributed by atoms with Gasteiger partial charge >= 0.3 is 6.09 Å². The first-order chi connectivity index (χ1) is 8.63. The minimum Gasteiger partial charge on any atom is -0.467 e. The standard InChI is InChI=1S/C12H18N2O4/c1-3-17-12(16)13-7-6-11(15)14(2)9-10-5-4-8-18-10/h4-5,8H,3,6-7,9H2,1-2H3,(H,13,16). The van der Waals surface area contributed by atoms with E-state index in [2.05, 4.69) is 10.1 Å². The van der Waals surface area contributed by atoms with Crippen molar-refractivity contribution in [2.45, 2.75) is 19.9 Å². The van der Waals surface area contributed by atoms with Crippen LogP contribution in [0.25, 0.3) is 0 Å². The van der Waals surface area contributed by atoms with Crippen LogP contribution in [0.3, 0.4) is 0 Å². The molecule has 0 fully saturated rings. The van der Waals surface area contributed by atoms with Crippen LogP contribution in [-0.4, -0.2) is 37.1 Å². The second-order valence-electron chi connectivity index (χ2n) is 3.73. The molecule has 1 aromatic rings. The van der Waals surface area contributed by atoms with E-state index in [-0.39, 0.29) is 18.9 Å². The Kier molecular flexibility index (Phi) is 5.76. The topological polar surface area (TPSA) is 71.8 Å². The van der Waals surface area contributed by atoms with E-state index >= 15 is 0 Å². The van der Waals surface area contributed by atoms with Crippen molar-refractivity contribution in [3.63, 3.8) is 0 Å². The molecule has 0 aliphatic rings. The van der Waals surface area contributed by atoms with Gasteiger partial charge in [-0.15, -0.1) is 0 Å². The van der Waals surface area contributed by atoms with Crippen molar-refractivity contribution in [2.24, 2.45) is 0 Å². The van der Waals surface area contributed by atoms with Gasteiger partial charge in [-0.1, -0.05) is 0 Å². The number of ether oxygens (including phenoxy) is 1. The number of rotatable bonds is 6. The van der Waals surface area contributed by atoms with E-state index in [1.54, 1.807) is 37.3 Å². The molecule has 100 valence electrons. The smallest absolute Gasteiger partial charge is 0.407 e. The zero-order valence-electron chi connectivity index (χ0n) is 10.6. The fourth-order valence-electron chi connectivity index (χ4n) is 1.37. The van der Waals surface area contributed by atoms with Crippen molar-refractivity contribution < 1.29 is 18.7 Å². The van der Waals surface area contributed by atoms with Gasteiger partial charge in [-0.05, 0) is 19.1 Å². The normalized spacial score (nSPS) is 9.89. The third-order valence-electron chi connectivity index (χ3n) is 2.28. The summed E-state index contributed by atoms with van der Waals surface area (Å²) in [5.74, 6) is 0.660. The maximum Gasteiger partial charge on any atom is 0.407 e. The SMILES string of the molecule is CCOC(=O)NCCC(=O)N(C)Cc1ccco1. The number of amides is 2. The van der Waals surface area contributed by atoms with Crippen LogP contribution in [0, 0.1) is 0 Å². The molecule has 6 heteroatoms. The largest absolute Gasteiger partial charge is 0.467 e. The lowest BCUT2D eigenvalue weighted by Gasteiger charge is -2.15. The average molecular weight is 254 g/mol. The first kappa shape index (κ1) is 14.1. The van der Waals surface area contributed by atoms with Gasteiger partial charge < -0.3 is 19.4 Å². The van der Waals surface area contributed by atoms with Crippen molar-refractivity contribution in [2.75, 3.05) is 20.2 Å². The van der Waals surface area contributed by atoms with Crippen LogP contribution in [0.1, 0.15) is 19.1 Å². The van der Waals surface area contributed by atoms with Crippen molar-refractivity contribution in [1.29, 1.82) is 0 Å². The third-order valence-corrected chi connectivity index (χ3v) is 2.28. The number of furan rings is 1. The summed E-state index contributed by atoms with van der Waals surface area (Å²) >= 11 is 0. The molecule has 0 bridgehead atoms. The Morgan fingerprint density at radius 1 is 1.50 bits per heavy atom. The molecule has 0 saturated heterocycles. The molecule has 0 spiro atoms. The molecule has 0 unspecified atom stereocenters. The van der Waals surface area contributed by atoms with E-state index in [1.807, 2.05) is 0 Å². The maximum absolute atomic E-state index is 11.7. The van der Waals surface area contributed by atoms with Crippen LogP contribution in [0.2, 0.25) is 0 Å². The Hall–Kier alpha value is -1.98. The predicted molar refractivity (Wildman–Crippen MR) is 64.8 cm³/mol. The summed E-state index contributed by atoms with van der Waals surface area (Å²) in [5, 5.41) is 2.50. The molecule has 0 saturated carbocycles. The fourth-order valence-corrected chi connectivity index (χ4v) is 1.37. The molecule has 0 atom stereocenters. The number of nitrogens with one attached hydrogen (secondary N) is 1. The maximum atomic E-state index is 11.7. The molecule has 6 nitrogen and oxygen atoms in total. The predicted octanol–water partition coefficient (Wildman–Crippen LogP) is 1.37. The first-order valence-electron chi connectivity index (χ1n) is 5.80. The summed E-state index contributed by atoms with van der Waals surface area (Å²) < 4.78 is 9.82. The van der Waals surface area contributed by atoms with Crippen LogP contribution in [0.5, 0.6) is 0 Å². The molecule has 0 aliphatic heterocycles. The summed E-state index contributed by atoms with van der Waals surface area (Å²) in [6, 6.07) is 3.58. The van der Waals surface area contributed by atoms with Crippen molar-refractivity contribution in [1.82, 2.24) is 10.2 Å². The highest BCUT2D eigenvalue weighted by Crippen LogP contribution is 2.04. The van der Waals surface area contributed by atoms with Crippen molar-refractivity contribution in [3.05, 3.63) is 24.2 Å². The Morgan fingerprint density at radius 2 is 2.28 bits per heavy atom. The van der Waals surface area contributed by atoms with Gasteiger partial charge in [-0.25, -0.2) is 4.79 Å². The Morgan fingerprint density at radius 3 is 2.89 bits per heavy atom. The zero-order chi connectivity index (χ0) is 13.4. The van der Waals surface area contributed by atoms with Gasteiger partial charge in [0, 0.05) is 20.0 Å². The zero-order valence-corrected chi connectivity index (χ0v) is 10.6. The monoisotopic (exact) mass is 254 g/mol. The molecule has 1 N–H and O–H groups in total.